The summed E-state index contributed by atoms with van der Waals surface area (Å²) in [6.45, 7) is 3.32. The summed E-state index contributed by atoms with van der Waals surface area (Å²) in [5.74, 6) is 0. The third kappa shape index (κ3) is 3.58. The van der Waals surface area contributed by atoms with E-state index in [-0.39, 0.29) is 18.2 Å². The average molecular weight is 331 g/mol. The quantitative estimate of drug-likeness (QED) is 0.899. The number of aromatic nitrogens is 2. The van der Waals surface area contributed by atoms with Crippen LogP contribution in [0.25, 0.3) is 11.0 Å². The fourth-order valence-electron chi connectivity index (χ4n) is 2.80. The standard InChI is InChI=1S/C16H21N5O3/c1-2-24-16(23)20-9-7-12(8-10-20)18-15(22)19-21-11-17-13-5-3-4-6-14(13)21/h3-6,11-12H,2,7-10H2,1H3,(H2,18,19,22). The van der Waals surface area contributed by atoms with Crippen molar-refractivity contribution in [1.29, 1.82) is 0 Å². The second-order valence-electron chi connectivity index (χ2n) is 5.65. The van der Waals surface area contributed by atoms with E-state index in [0.717, 1.165) is 11.0 Å². The molecule has 2 N–H and O–H groups in total. The molecule has 1 aromatic carbocycles. The molecule has 8 nitrogen and oxygen atoms in total. The summed E-state index contributed by atoms with van der Waals surface area (Å²) >= 11 is 0. The summed E-state index contributed by atoms with van der Waals surface area (Å²) < 4.78 is 6.58. The van der Waals surface area contributed by atoms with Crippen LogP contribution in [0.2, 0.25) is 0 Å². The number of piperidine rings is 1. The number of benzene rings is 1. The monoisotopic (exact) mass is 331 g/mol. The van der Waals surface area contributed by atoms with E-state index in [0.29, 0.717) is 32.5 Å². The van der Waals surface area contributed by atoms with Gasteiger partial charge < -0.3 is 15.0 Å². The molecule has 0 bridgehead atoms. The summed E-state index contributed by atoms with van der Waals surface area (Å²) in [6, 6.07) is 7.32. The van der Waals surface area contributed by atoms with E-state index in [1.807, 2.05) is 24.3 Å². The van der Waals surface area contributed by atoms with E-state index in [9.17, 15) is 9.59 Å². The number of rotatable bonds is 3. The zero-order valence-corrected chi connectivity index (χ0v) is 13.6. The number of hydrogen-bond acceptors (Lipinski definition) is 4. The molecule has 0 atom stereocenters. The number of imidazole rings is 1. The van der Waals surface area contributed by atoms with Gasteiger partial charge in [0.25, 0.3) is 0 Å². The fraction of sp³-hybridized carbons (Fsp3) is 0.438. The van der Waals surface area contributed by atoms with Crippen molar-refractivity contribution in [2.45, 2.75) is 25.8 Å². The summed E-state index contributed by atoms with van der Waals surface area (Å²) in [5.41, 5.74) is 4.42. The molecule has 2 aromatic rings. The number of nitrogens with zero attached hydrogens (tertiary/aromatic N) is 3. The number of para-hydroxylation sites is 2. The van der Waals surface area contributed by atoms with Gasteiger partial charge in [0.15, 0.2) is 0 Å². The summed E-state index contributed by atoms with van der Waals surface area (Å²) in [4.78, 5) is 29.7. The van der Waals surface area contributed by atoms with Gasteiger partial charge in [-0.1, -0.05) is 12.1 Å². The number of fused-ring (bicyclic) bond motifs is 1. The first-order valence-electron chi connectivity index (χ1n) is 8.08. The van der Waals surface area contributed by atoms with Crippen molar-refractivity contribution in [3.8, 4) is 0 Å². The molecule has 0 spiro atoms. The Balaban J connectivity index is 1.50. The Morgan fingerprint density at radius 3 is 2.79 bits per heavy atom. The maximum absolute atomic E-state index is 12.2. The van der Waals surface area contributed by atoms with Gasteiger partial charge in [-0.2, -0.15) is 0 Å². The lowest BCUT2D eigenvalue weighted by molar-refractivity contribution is 0.0958. The Labute approximate surface area is 139 Å². The minimum atomic E-state index is -0.287. The summed E-state index contributed by atoms with van der Waals surface area (Å²) in [5, 5.41) is 2.94. The summed E-state index contributed by atoms with van der Waals surface area (Å²) in [6.07, 6.45) is 2.70. The molecule has 3 rings (SSSR count). The molecule has 128 valence electrons. The molecule has 24 heavy (non-hydrogen) atoms. The number of urea groups is 1. The van der Waals surface area contributed by atoms with Crippen LogP contribution in [0.5, 0.6) is 0 Å². The van der Waals surface area contributed by atoms with Gasteiger partial charge in [-0.15, -0.1) is 0 Å². The molecular weight excluding hydrogens is 310 g/mol. The van der Waals surface area contributed by atoms with Gasteiger partial charge in [-0.05, 0) is 31.9 Å². The SMILES string of the molecule is CCOC(=O)N1CCC(NC(=O)Nn2cnc3ccccc32)CC1. The first-order chi connectivity index (χ1) is 11.7. The largest absolute Gasteiger partial charge is 0.450 e. The number of amides is 3. The van der Waals surface area contributed by atoms with E-state index in [4.69, 9.17) is 4.74 Å². The smallest absolute Gasteiger partial charge is 0.409 e. The van der Waals surface area contributed by atoms with Crippen LogP contribution in [0.15, 0.2) is 30.6 Å². The third-order valence-corrected chi connectivity index (χ3v) is 4.03. The van der Waals surface area contributed by atoms with Crippen LogP contribution in [0.1, 0.15) is 19.8 Å². The Kier molecular flexibility index (Phi) is 4.83. The molecular formula is C16H21N5O3. The average Bonchev–Trinajstić information content (AvgIpc) is 2.99. The lowest BCUT2D eigenvalue weighted by atomic mass is 10.1. The van der Waals surface area contributed by atoms with Gasteiger partial charge in [-0.3, -0.25) is 0 Å². The Morgan fingerprint density at radius 2 is 2.04 bits per heavy atom. The van der Waals surface area contributed by atoms with Crippen LogP contribution >= 0.6 is 0 Å². The van der Waals surface area contributed by atoms with Gasteiger partial charge in [-0.25, -0.2) is 24.7 Å². The molecule has 0 aliphatic carbocycles. The molecule has 1 aliphatic heterocycles. The number of hydrogen-bond donors (Lipinski definition) is 2. The highest BCUT2D eigenvalue weighted by Crippen LogP contribution is 2.12. The van der Waals surface area contributed by atoms with Gasteiger partial charge in [0.2, 0.25) is 0 Å². The van der Waals surface area contributed by atoms with Gasteiger partial charge in [0.1, 0.15) is 6.33 Å². The summed E-state index contributed by atoms with van der Waals surface area (Å²) in [7, 11) is 0. The van der Waals surface area contributed by atoms with Crippen LogP contribution in [0.4, 0.5) is 9.59 Å². The zero-order valence-electron chi connectivity index (χ0n) is 13.6. The first kappa shape index (κ1) is 16.1. The van der Waals surface area contributed by atoms with Crippen molar-refractivity contribution < 1.29 is 14.3 Å². The number of carbonyl (C=O) groups excluding carboxylic acids is 2. The van der Waals surface area contributed by atoms with E-state index < -0.39 is 0 Å². The van der Waals surface area contributed by atoms with Crippen LogP contribution < -0.4 is 10.7 Å². The van der Waals surface area contributed by atoms with E-state index in [1.165, 1.54) is 0 Å². The van der Waals surface area contributed by atoms with Gasteiger partial charge in [0, 0.05) is 19.1 Å². The normalized spacial score (nSPS) is 15.3. The zero-order chi connectivity index (χ0) is 16.9. The Morgan fingerprint density at radius 1 is 1.29 bits per heavy atom. The molecule has 3 amide bonds. The Bertz CT molecular complexity index is 721. The molecule has 0 saturated carbocycles. The highest BCUT2D eigenvalue weighted by molar-refractivity contribution is 5.85. The number of likely N-dealkylation sites (tertiary alicyclic amines) is 1. The number of carbonyl (C=O) groups is 2. The highest BCUT2D eigenvalue weighted by atomic mass is 16.6. The van der Waals surface area contributed by atoms with Gasteiger partial charge >= 0.3 is 12.1 Å². The number of nitrogens with one attached hydrogen (secondary N) is 2. The van der Waals surface area contributed by atoms with Crippen LogP contribution in [0.3, 0.4) is 0 Å². The predicted octanol–water partition coefficient (Wildman–Crippen LogP) is 1.91. The van der Waals surface area contributed by atoms with Crippen LogP contribution in [-0.4, -0.2) is 52.4 Å². The van der Waals surface area contributed by atoms with Crippen LogP contribution in [-0.2, 0) is 4.74 Å². The van der Waals surface area contributed by atoms with Crippen molar-refractivity contribution in [2.75, 3.05) is 25.1 Å². The van der Waals surface area contributed by atoms with Crippen molar-refractivity contribution in [2.24, 2.45) is 0 Å². The fourth-order valence-corrected chi connectivity index (χ4v) is 2.80. The predicted molar refractivity (Wildman–Crippen MR) is 89.2 cm³/mol. The molecule has 0 unspecified atom stereocenters. The highest BCUT2D eigenvalue weighted by Gasteiger charge is 2.24. The molecule has 0 radical (unpaired) electrons. The van der Waals surface area contributed by atoms with Crippen molar-refractivity contribution in [1.82, 2.24) is 19.9 Å². The van der Waals surface area contributed by atoms with Crippen molar-refractivity contribution in [3.63, 3.8) is 0 Å². The maximum atomic E-state index is 12.2. The van der Waals surface area contributed by atoms with Gasteiger partial charge in [0.05, 0.1) is 17.6 Å². The molecule has 1 aromatic heterocycles. The topological polar surface area (TPSA) is 88.5 Å². The second kappa shape index (κ2) is 7.20. The van der Waals surface area contributed by atoms with Crippen molar-refractivity contribution >= 4 is 23.2 Å². The number of ether oxygens (including phenoxy) is 1. The lowest BCUT2D eigenvalue weighted by Gasteiger charge is -2.31. The van der Waals surface area contributed by atoms with E-state index >= 15 is 0 Å². The maximum Gasteiger partial charge on any atom is 0.409 e. The Hall–Kier alpha value is -2.77. The third-order valence-electron chi connectivity index (χ3n) is 4.03. The minimum absolute atomic E-state index is 0.0328. The molecule has 1 fully saturated rings. The molecule has 1 saturated heterocycles. The first-order valence-corrected chi connectivity index (χ1v) is 8.08. The molecule has 8 heteroatoms. The lowest BCUT2D eigenvalue weighted by Crippen LogP contribution is -2.48. The van der Waals surface area contributed by atoms with Crippen molar-refractivity contribution in [3.05, 3.63) is 30.6 Å². The van der Waals surface area contributed by atoms with Crippen LogP contribution in [0, 0.1) is 0 Å². The molecule has 2 heterocycles. The second-order valence-corrected chi connectivity index (χ2v) is 5.65. The molecule has 1 aliphatic rings. The van der Waals surface area contributed by atoms with E-state index in [2.05, 4.69) is 15.7 Å². The minimum Gasteiger partial charge on any atom is -0.450 e. The van der Waals surface area contributed by atoms with E-state index in [1.54, 1.807) is 22.8 Å².